The molecule has 70 valence electrons. The van der Waals surface area contributed by atoms with Gasteiger partial charge in [-0.25, -0.2) is 10.4 Å². The van der Waals surface area contributed by atoms with Crippen LogP contribution in [0.3, 0.4) is 0 Å². The Labute approximate surface area is 77.7 Å². The summed E-state index contributed by atoms with van der Waals surface area (Å²) < 4.78 is 1.92. The summed E-state index contributed by atoms with van der Waals surface area (Å²) in [4.78, 5) is 4.12. The number of aryl methyl sites for hydroxylation is 1. The van der Waals surface area contributed by atoms with E-state index in [0.29, 0.717) is 0 Å². The molecule has 4 nitrogen and oxygen atoms in total. The highest BCUT2D eigenvalue weighted by Crippen LogP contribution is 2.14. The van der Waals surface area contributed by atoms with Crippen LogP contribution in [0.25, 0.3) is 0 Å². The van der Waals surface area contributed by atoms with Crippen LogP contribution in [0.1, 0.15) is 25.7 Å². The molecule has 0 amide bonds. The van der Waals surface area contributed by atoms with Crippen molar-refractivity contribution in [2.24, 2.45) is 12.1 Å². The van der Waals surface area contributed by atoms with Crippen LogP contribution >= 0.6 is 0 Å². The van der Waals surface area contributed by atoms with E-state index in [1.54, 1.807) is 6.20 Å². The third-order valence-corrected chi connectivity index (χ3v) is 2.32. The van der Waals surface area contributed by atoms with Crippen LogP contribution in [0.5, 0.6) is 0 Å². The van der Waals surface area contributed by atoms with Crippen molar-refractivity contribution in [1.82, 2.24) is 9.55 Å². The molecule has 1 aliphatic carbocycles. The molecule has 1 saturated carbocycles. The lowest BCUT2D eigenvalue weighted by atomic mass is 10.3. The van der Waals surface area contributed by atoms with Crippen molar-refractivity contribution in [3.63, 3.8) is 0 Å². The van der Waals surface area contributed by atoms with E-state index in [0.717, 1.165) is 18.8 Å². The molecular weight excluding hydrogens is 164 g/mol. The molecule has 1 N–H and O–H groups in total. The van der Waals surface area contributed by atoms with Gasteiger partial charge in [-0.3, -0.25) is 0 Å². The summed E-state index contributed by atoms with van der Waals surface area (Å²) in [7, 11) is 1.95. The quantitative estimate of drug-likeness (QED) is 0.701. The summed E-state index contributed by atoms with van der Waals surface area (Å²) in [5, 5.41) is 4.31. The molecule has 0 aliphatic heterocycles. The first-order chi connectivity index (χ1) is 6.36. The fourth-order valence-corrected chi connectivity index (χ4v) is 1.50. The predicted octanol–water partition coefficient (Wildman–Crippen LogP) is 1.76. The molecule has 0 unspecified atom stereocenters. The number of nitrogens with zero attached hydrogens (tertiary/aromatic N) is 3. The van der Waals surface area contributed by atoms with E-state index in [4.69, 9.17) is 0 Å². The Kier molecular flexibility index (Phi) is 2.29. The van der Waals surface area contributed by atoms with Crippen LogP contribution in [-0.4, -0.2) is 15.3 Å². The highest BCUT2D eigenvalue weighted by Gasteiger charge is 2.07. The largest absolute Gasteiger partial charge is 0.319 e. The van der Waals surface area contributed by atoms with Crippen LogP contribution in [0.15, 0.2) is 17.5 Å². The minimum Gasteiger partial charge on any atom is -0.319 e. The number of hydrogen-bond acceptors (Lipinski definition) is 3. The Morgan fingerprint density at radius 1 is 1.46 bits per heavy atom. The average molecular weight is 178 g/mol. The fraction of sp³-hybridized carbons (Fsp3) is 0.556. The molecule has 2 rings (SSSR count). The Morgan fingerprint density at radius 3 is 2.85 bits per heavy atom. The van der Waals surface area contributed by atoms with E-state index in [1.807, 2.05) is 17.8 Å². The van der Waals surface area contributed by atoms with Gasteiger partial charge in [-0.1, -0.05) is 0 Å². The number of nitrogens with one attached hydrogen (secondary N) is 1. The number of hydrazone groups is 1. The minimum atomic E-state index is 0.805. The first-order valence-electron chi connectivity index (χ1n) is 4.65. The molecule has 0 spiro atoms. The summed E-state index contributed by atoms with van der Waals surface area (Å²) in [6.07, 6.45) is 8.49. The maximum atomic E-state index is 4.31. The molecule has 0 aromatic carbocycles. The number of rotatable bonds is 2. The summed E-state index contributed by atoms with van der Waals surface area (Å²) in [5.41, 5.74) is 4.24. The Hall–Kier alpha value is -1.32. The van der Waals surface area contributed by atoms with Gasteiger partial charge < -0.3 is 4.57 Å². The van der Waals surface area contributed by atoms with Crippen LogP contribution in [0.4, 0.5) is 5.95 Å². The third-order valence-electron chi connectivity index (χ3n) is 2.32. The first kappa shape index (κ1) is 8.29. The van der Waals surface area contributed by atoms with E-state index in [1.165, 1.54) is 18.6 Å². The van der Waals surface area contributed by atoms with Crippen molar-refractivity contribution in [1.29, 1.82) is 0 Å². The van der Waals surface area contributed by atoms with E-state index in [-0.39, 0.29) is 0 Å². The SMILES string of the molecule is Cn1ccnc1NN=C1CCCC1. The van der Waals surface area contributed by atoms with Crippen LogP contribution in [-0.2, 0) is 7.05 Å². The van der Waals surface area contributed by atoms with Gasteiger partial charge in [0.1, 0.15) is 0 Å². The van der Waals surface area contributed by atoms with Crippen LogP contribution in [0.2, 0.25) is 0 Å². The Bertz CT molecular complexity index is 305. The molecule has 1 fully saturated rings. The molecule has 0 atom stereocenters. The topological polar surface area (TPSA) is 42.2 Å². The average Bonchev–Trinajstić information content (AvgIpc) is 2.72. The molecule has 1 aliphatic rings. The summed E-state index contributed by atoms with van der Waals surface area (Å²) in [5.74, 6) is 0.805. The lowest BCUT2D eigenvalue weighted by Crippen LogP contribution is -2.01. The third kappa shape index (κ3) is 1.88. The van der Waals surface area contributed by atoms with Gasteiger partial charge in [-0.2, -0.15) is 5.10 Å². The number of aromatic nitrogens is 2. The minimum absolute atomic E-state index is 0.805. The molecule has 0 saturated heterocycles. The van der Waals surface area contributed by atoms with Crippen molar-refractivity contribution in [2.75, 3.05) is 5.43 Å². The van der Waals surface area contributed by atoms with Gasteiger partial charge in [0.15, 0.2) is 0 Å². The number of anilines is 1. The van der Waals surface area contributed by atoms with Crippen molar-refractivity contribution >= 4 is 11.7 Å². The van der Waals surface area contributed by atoms with Crippen LogP contribution < -0.4 is 5.43 Å². The number of imidazole rings is 1. The zero-order valence-corrected chi connectivity index (χ0v) is 7.82. The Balaban J connectivity index is 1.99. The van der Waals surface area contributed by atoms with Gasteiger partial charge in [-0.05, 0) is 25.7 Å². The maximum absolute atomic E-state index is 4.31. The van der Waals surface area contributed by atoms with Crippen molar-refractivity contribution in [3.8, 4) is 0 Å². The van der Waals surface area contributed by atoms with E-state index < -0.39 is 0 Å². The Morgan fingerprint density at radius 2 is 2.23 bits per heavy atom. The molecule has 0 bridgehead atoms. The van der Waals surface area contributed by atoms with Gasteiger partial charge in [0.2, 0.25) is 5.95 Å². The lowest BCUT2D eigenvalue weighted by molar-refractivity contribution is 0.886. The smallest absolute Gasteiger partial charge is 0.223 e. The van der Waals surface area contributed by atoms with Gasteiger partial charge in [-0.15, -0.1) is 0 Å². The van der Waals surface area contributed by atoms with E-state index in [9.17, 15) is 0 Å². The second-order valence-electron chi connectivity index (χ2n) is 3.36. The van der Waals surface area contributed by atoms with Gasteiger partial charge in [0.25, 0.3) is 0 Å². The van der Waals surface area contributed by atoms with Gasteiger partial charge in [0, 0.05) is 25.2 Å². The molecule has 1 aromatic heterocycles. The highest BCUT2D eigenvalue weighted by molar-refractivity contribution is 5.86. The molecule has 13 heavy (non-hydrogen) atoms. The molecule has 1 heterocycles. The van der Waals surface area contributed by atoms with Gasteiger partial charge >= 0.3 is 0 Å². The zero-order valence-electron chi connectivity index (χ0n) is 7.82. The van der Waals surface area contributed by atoms with Crippen molar-refractivity contribution in [3.05, 3.63) is 12.4 Å². The molecule has 4 heteroatoms. The first-order valence-corrected chi connectivity index (χ1v) is 4.65. The standard InChI is InChI=1S/C9H14N4/c1-13-7-6-10-9(13)12-11-8-4-2-3-5-8/h6-7H,2-5H2,1H3,(H,10,12). The van der Waals surface area contributed by atoms with Crippen molar-refractivity contribution in [2.45, 2.75) is 25.7 Å². The summed E-state index contributed by atoms with van der Waals surface area (Å²) >= 11 is 0. The van der Waals surface area contributed by atoms with Gasteiger partial charge in [0.05, 0.1) is 0 Å². The van der Waals surface area contributed by atoms with E-state index in [2.05, 4.69) is 15.5 Å². The predicted molar refractivity (Wildman–Crippen MR) is 52.7 cm³/mol. The van der Waals surface area contributed by atoms with Crippen molar-refractivity contribution < 1.29 is 0 Å². The summed E-state index contributed by atoms with van der Waals surface area (Å²) in [6, 6.07) is 0. The monoisotopic (exact) mass is 178 g/mol. The maximum Gasteiger partial charge on any atom is 0.223 e. The molecular formula is C9H14N4. The fourth-order valence-electron chi connectivity index (χ4n) is 1.50. The summed E-state index contributed by atoms with van der Waals surface area (Å²) in [6.45, 7) is 0. The lowest BCUT2D eigenvalue weighted by Gasteiger charge is -2.00. The van der Waals surface area contributed by atoms with Crippen LogP contribution in [0, 0.1) is 0 Å². The second-order valence-corrected chi connectivity index (χ2v) is 3.36. The second kappa shape index (κ2) is 3.60. The number of hydrogen-bond donors (Lipinski definition) is 1. The molecule has 1 aromatic rings. The normalized spacial score (nSPS) is 16.2. The molecule has 0 radical (unpaired) electrons. The zero-order chi connectivity index (χ0) is 9.10. The highest BCUT2D eigenvalue weighted by atomic mass is 15.4. The van der Waals surface area contributed by atoms with E-state index >= 15 is 0 Å².